The molecule has 0 aliphatic heterocycles. The van der Waals surface area contributed by atoms with E-state index in [1.807, 2.05) is 27.0 Å². The van der Waals surface area contributed by atoms with Crippen LogP contribution in [0.25, 0.3) is 10.9 Å². The van der Waals surface area contributed by atoms with E-state index in [-0.39, 0.29) is 5.97 Å². The van der Waals surface area contributed by atoms with Crippen molar-refractivity contribution < 1.29 is 9.53 Å². The molecule has 90 valence electrons. The number of hydrogen-bond acceptors (Lipinski definition) is 2. The molecule has 0 radical (unpaired) electrons. The quantitative estimate of drug-likeness (QED) is 0.729. The minimum atomic E-state index is -0.352. The molecule has 0 aliphatic carbocycles. The Morgan fingerprint density at radius 1 is 1.35 bits per heavy atom. The zero-order valence-electron chi connectivity index (χ0n) is 10.3. The summed E-state index contributed by atoms with van der Waals surface area (Å²) in [5, 5.41) is 1.59. The molecule has 0 fully saturated rings. The minimum absolute atomic E-state index is 0.352. The molecule has 0 saturated carbocycles. The zero-order valence-corrected chi connectivity index (χ0v) is 11.1. The summed E-state index contributed by atoms with van der Waals surface area (Å²) in [6, 6.07) is 3.80. The van der Waals surface area contributed by atoms with E-state index >= 15 is 0 Å². The van der Waals surface area contributed by atoms with Gasteiger partial charge in [0.1, 0.15) is 5.69 Å². The molecule has 2 rings (SSSR count). The van der Waals surface area contributed by atoms with E-state index < -0.39 is 0 Å². The van der Waals surface area contributed by atoms with Crippen LogP contribution in [0.4, 0.5) is 0 Å². The van der Waals surface area contributed by atoms with E-state index in [1.54, 1.807) is 10.6 Å². The average molecular weight is 252 g/mol. The standard InChI is InChI=1S/C13H14ClNO2/c1-7-5-10-9(12(14)8(7)2)6-11(15(10)3)13(16)17-4/h5-6H,1-4H3. The second-order valence-corrected chi connectivity index (χ2v) is 4.52. The molecule has 0 amide bonds. The number of ether oxygens (including phenoxy) is 1. The number of carbonyl (C=O) groups is 1. The fraction of sp³-hybridized carbons (Fsp3) is 0.308. The first kappa shape index (κ1) is 12.0. The van der Waals surface area contributed by atoms with Crippen molar-refractivity contribution in [2.24, 2.45) is 7.05 Å². The fourth-order valence-corrected chi connectivity index (χ4v) is 2.26. The zero-order chi connectivity index (χ0) is 12.7. The number of esters is 1. The number of carbonyl (C=O) groups excluding carboxylic acids is 1. The first-order valence-corrected chi connectivity index (χ1v) is 5.68. The molecule has 0 aliphatic rings. The molecule has 2 aromatic rings. The van der Waals surface area contributed by atoms with Crippen molar-refractivity contribution in [1.82, 2.24) is 4.57 Å². The molecule has 4 heteroatoms. The van der Waals surface area contributed by atoms with E-state index in [0.29, 0.717) is 10.7 Å². The molecule has 0 unspecified atom stereocenters. The van der Waals surface area contributed by atoms with Gasteiger partial charge < -0.3 is 9.30 Å². The Kier molecular flexibility index (Phi) is 2.87. The maximum atomic E-state index is 11.6. The van der Waals surface area contributed by atoms with E-state index in [1.165, 1.54) is 7.11 Å². The third-order valence-corrected chi connectivity index (χ3v) is 3.67. The van der Waals surface area contributed by atoms with Crippen LogP contribution in [-0.2, 0) is 11.8 Å². The van der Waals surface area contributed by atoms with Gasteiger partial charge in [-0.2, -0.15) is 0 Å². The number of fused-ring (bicyclic) bond motifs is 1. The lowest BCUT2D eigenvalue weighted by molar-refractivity contribution is 0.0590. The van der Waals surface area contributed by atoms with E-state index in [0.717, 1.165) is 22.0 Å². The van der Waals surface area contributed by atoms with Gasteiger partial charge >= 0.3 is 5.97 Å². The first-order valence-electron chi connectivity index (χ1n) is 5.30. The summed E-state index contributed by atoms with van der Waals surface area (Å²) in [6.45, 7) is 3.98. The smallest absolute Gasteiger partial charge is 0.354 e. The molecule has 17 heavy (non-hydrogen) atoms. The predicted molar refractivity (Wildman–Crippen MR) is 68.7 cm³/mol. The van der Waals surface area contributed by atoms with Gasteiger partial charge in [0.2, 0.25) is 0 Å². The highest BCUT2D eigenvalue weighted by atomic mass is 35.5. The van der Waals surface area contributed by atoms with Gasteiger partial charge in [0, 0.05) is 12.4 Å². The normalized spacial score (nSPS) is 10.9. The number of halogens is 1. The topological polar surface area (TPSA) is 31.2 Å². The second kappa shape index (κ2) is 4.08. The summed E-state index contributed by atoms with van der Waals surface area (Å²) in [6.07, 6.45) is 0. The SMILES string of the molecule is COC(=O)c1cc2c(Cl)c(C)c(C)cc2n1C. The van der Waals surface area contributed by atoms with Crippen LogP contribution in [0.1, 0.15) is 21.6 Å². The van der Waals surface area contributed by atoms with Crippen LogP contribution in [-0.4, -0.2) is 17.6 Å². The summed E-state index contributed by atoms with van der Waals surface area (Å²) in [7, 11) is 3.21. The molecule has 3 nitrogen and oxygen atoms in total. The summed E-state index contributed by atoms with van der Waals surface area (Å²) >= 11 is 6.30. The van der Waals surface area contributed by atoms with Crippen molar-refractivity contribution in [1.29, 1.82) is 0 Å². The monoisotopic (exact) mass is 251 g/mol. The predicted octanol–water partition coefficient (Wildman–Crippen LogP) is 3.24. The van der Waals surface area contributed by atoms with Gasteiger partial charge in [-0.25, -0.2) is 4.79 Å². The van der Waals surface area contributed by atoms with Gasteiger partial charge in [0.15, 0.2) is 0 Å². The molecular formula is C13H14ClNO2. The largest absolute Gasteiger partial charge is 0.464 e. The number of rotatable bonds is 1. The Labute approximate surface area is 105 Å². The second-order valence-electron chi connectivity index (χ2n) is 4.15. The van der Waals surface area contributed by atoms with E-state index in [2.05, 4.69) is 0 Å². The third kappa shape index (κ3) is 1.71. The van der Waals surface area contributed by atoms with Crippen molar-refractivity contribution in [2.45, 2.75) is 13.8 Å². The number of aromatic nitrogens is 1. The van der Waals surface area contributed by atoms with Crippen LogP contribution in [0.2, 0.25) is 5.02 Å². The molecule has 0 spiro atoms. The van der Waals surface area contributed by atoms with Crippen LogP contribution in [0.3, 0.4) is 0 Å². The first-order chi connectivity index (χ1) is 7.97. The molecule has 1 aromatic heterocycles. The summed E-state index contributed by atoms with van der Waals surface area (Å²) in [4.78, 5) is 11.6. The Hall–Kier alpha value is -1.48. The van der Waals surface area contributed by atoms with Crippen LogP contribution >= 0.6 is 11.6 Å². The number of hydrogen-bond donors (Lipinski definition) is 0. The summed E-state index contributed by atoms with van der Waals surface area (Å²) in [5.74, 6) is -0.352. The van der Waals surface area contributed by atoms with Crippen LogP contribution in [0.15, 0.2) is 12.1 Å². The molecular weight excluding hydrogens is 238 g/mol. The molecule has 0 saturated heterocycles. The number of methoxy groups -OCH3 is 1. The van der Waals surface area contributed by atoms with E-state index in [9.17, 15) is 4.79 Å². The minimum Gasteiger partial charge on any atom is -0.464 e. The van der Waals surface area contributed by atoms with Gasteiger partial charge in [0.05, 0.1) is 17.6 Å². The van der Waals surface area contributed by atoms with Crippen LogP contribution < -0.4 is 0 Å². The Morgan fingerprint density at radius 3 is 2.59 bits per heavy atom. The lowest BCUT2D eigenvalue weighted by Gasteiger charge is -2.06. The number of aryl methyl sites for hydroxylation is 2. The lowest BCUT2D eigenvalue weighted by Crippen LogP contribution is -2.06. The maximum absolute atomic E-state index is 11.6. The van der Waals surface area contributed by atoms with Gasteiger partial charge in [-0.3, -0.25) is 0 Å². The number of nitrogens with zero attached hydrogens (tertiary/aromatic N) is 1. The highest BCUT2D eigenvalue weighted by Gasteiger charge is 2.16. The van der Waals surface area contributed by atoms with Gasteiger partial charge in [-0.05, 0) is 37.1 Å². The summed E-state index contributed by atoms with van der Waals surface area (Å²) < 4.78 is 6.55. The van der Waals surface area contributed by atoms with Crippen molar-refractivity contribution in [3.63, 3.8) is 0 Å². The van der Waals surface area contributed by atoms with Crippen molar-refractivity contribution in [3.05, 3.63) is 34.0 Å². The Bertz CT molecular complexity index is 614. The average Bonchev–Trinajstić information content (AvgIpc) is 2.64. The van der Waals surface area contributed by atoms with Crippen molar-refractivity contribution >= 4 is 28.5 Å². The van der Waals surface area contributed by atoms with Gasteiger partial charge in [0.25, 0.3) is 0 Å². The molecule has 1 heterocycles. The molecule has 0 atom stereocenters. The number of benzene rings is 1. The highest BCUT2D eigenvalue weighted by Crippen LogP contribution is 2.31. The van der Waals surface area contributed by atoms with Crippen molar-refractivity contribution in [2.75, 3.05) is 7.11 Å². The summed E-state index contributed by atoms with van der Waals surface area (Å²) in [5.41, 5.74) is 3.61. The molecule has 1 aromatic carbocycles. The van der Waals surface area contributed by atoms with Gasteiger partial charge in [-0.1, -0.05) is 11.6 Å². The maximum Gasteiger partial charge on any atom is 0.354 e. The third-order valence-electron chi connectivity index (χ3n) is 3.18. The molecule has 0 N–H and O–H groups in total. The van der Waals surface area contributed by atoms with Crippen LogP contribution in [0, 0.1) is 13.8 Å². The molecule has 0 bridgehead atoms. The van der Waals surface area contributed by atoms with Crippen LogP contribution in [0.5, 0.6) is 0 Å². The van der Waals surface area contributed by atoms with E-state index in [4.69, 9.17) is 16.3 Å². The van der Waals surface area contributed by atoms with Crippen molar-refractivity contribution in [3.8, 4) is 0 Å². The van der Waals surface area contributed by atoms with Gasteiger partial charge in [-0.15, -0.1) is 0 Å². The lowest BCUT2D eigenvalue weighted by atomic mass is 10.1. The highest BCUT2D eigenvalue weighted by molar-refractivity contribution is 6.36. The fourth-order valence-electron chi connectivity index (χ4n) is 1.96. The Balaban J connectivity index is 2.83. The Morgan fingerprint density at radius 2 is 2.00 bits per heavy atom.